The average molecular weight is 428 g/mol. The second-order valence-electron chi connectivity index (χ2n) is 6.65. The zero-order valence-electron chi connectivity index (χ0n) is 15.3. The second-order valence-corrected chi connectivity index (χ2v) is 8.98. The topological polar surface area (TPSA) is 54.5 Å². The fourth-order valence-corrected chi connectivity index (χ4v) is 4.86. The fraction of sp³-hybridized carbons (Fsp3) is 0.0455. The summed E-state index contributed by atoms with van der Waals surface area (Å²) in [5, 5.41) is 0.425. The van der Waals surface area contributed by atoms with Gasteiger partial charge in [-0.2, -0.15) is 0 Å². The molecular weight excluding hydrogens is 413 g/mol. The van der Waals surface area contributed by atoms with Crippen LogP contribution in [0, 0.1) is 12.7 Å². The highest BCUT2D eigenvalue weighted by Crippen LogP contribution is 2.41. The number of carbonyl (C=O) groups excluding carboxylic acids is 1. The third-order valence-electron chi connectivity index (χ3n) is 4.63. The Balaban J connectivity index is 1.94. The number of anilines is 2. The number of rotatable bonds is 3. The minimum absolute atomic E-state index is 0.118. The van der Waals surface area contributed by atoms with Gasteiger partial charge in [0.05, 0.1) is 10.6 Å². The van der Waals surface area contributed by atoms with Crippen LogP contribution in [0.4, 0.5) is 15.8 Å². The summed E-state index contributed by atoms with van der Waals surface area (Å²) in [6.07, 6.45) is 1.23. The molecule has 1 aliphatic rings. The normalized spacial score (nSPS) is 14.9. The van der Waals surface area contributed by atoms with Gasteiger partial charge in [0.2, 0.25) is 15.6 Å². The van der Waals surface area contributed by atoms with Crippen molar-refractivity contribution in [2.24, 2.45) is 0 Å². The SMILES string of the molecule is Cc1ccc(C(=O)C2=CN(c3cccc(Cl)c3)c3cc(F)ccc3S2(=O)=O)cc1. The van der Waals surface area contributed by atoms with Crippen molar-refractivity contribution in [3.05, 3.63) is 99.8 Å². The number of hydrogen-bond donors (Lipinski definition) is 0. The Morgan fingerprint density at radius 2 is 1.72 bits per heavy atom. The number of ketones is 1. The molecule has 146 valence electrons. The Kier molecular flexibility index (Phi) is 4.76. The highest BCUT2D eigenvalue weighted by molar-refractivity contribution is 7.96. The van der Waals surface area contributed by atoms with Crippen molar-refractivity contribution in [3.63, 3.8) is 0 Å². The summed E-state index contributed by atoms with van der Waals surface area (Å²) < 4.78 is 40.3. The first kappa shape index (κ1) is 19.4. The number of nitrogens with zero attached hydrogens (tertiary/aromatic N) is 1. The van der Waals surface area contributed by atoms with Crippen molar-refractivity contribution in [1.82, 2.24) is 0 Å². The van der Waals surface area contributed by atoms with Gasteiger partial charge >= 0.3 is 0 Å². The van der Waals surface area contributed by atoms with E-state index < -0.39 is 21.4 Å². The monoisotopic (exact) mass is 427 g/mol. The van der Waals surface area contributed by atoms with Crippen LogP contribution >= 0.6 is 11.6 Å². The first-order chi connectivity index (χ1) is 13.8. The molecule has 0 N–H and O–H groups in total. The van der Waals surface area contributed by atoms with Gasteiger partial charge in [-0.1, -0.05) is 47.5 Å². The van der Waals surface area contributed by atoms with Gasteiger partial charge < -0.3 is 4.90 Å². The second kappa shape index (κ2) is 7.13. The molecule has 0 amide bonds. The predicted octanol–water partition coefficient (Wildman–Crippen LogP) is 5.44. The lowest BCUT2D eigenvalue weighted by molar-refractivity contribution is 0.104. The summed E-state index contributed by atoms with van der Waals surface area (Å²) in [4.78, 5) is 14.0. The van der Waals surface area contributed by atoms with E-state index in [9.17, 15) is 17.6 Å². The maximum absolute atomic E-state index is 13.9. The third kappa shape index (κ3) is 3.45. The molecule has 0 aliphatic carbocycles. The molecule has 0 bridgehead atoms. The molecule has 0 atom stereocenters. The Bertz CT molecular complexity index is 1270. The van der Waals surface area contributed by atoms with Gasteiger partial charge in [0.25, 0.3) is 0 Å². The summed E-state index contributed by atoms with van der Waals surface area (Å²) in [6.45, 7) is 1.87. The number of hydrogen-bond acceptors (Lipinski definition) is 4. The Labute approximate surface area is 172 Å². The van der Waals surface area contributed by atoms with Gasteiger partial charge in [0.1, 0.15) is 10.7 Å². The fourth-order valence-electron chi connectivity index (χ4n) is 3.15. The van der Waals surface area contributed by atoms with Crippen LogP contribution in [-0.4, -0.2) is 14.2 Å². The molecule has 3 aromatic carbocycles. The average Bonchev–Trinajstić information content (AvgIpc) is 2.68. The minimum atomic E-state index is -4.14. The van der Waals surface area contributed by atoms with Crippen molar-refractivity contribution in [1.29, 1.82) is 0 Å². The van der Waals surface area contributed by atoms with Crippen LogP contribution in [0.25, 0.3) is 0 Å². The number of benzene rings is 3. The van der Waals surface area contributed by atoms with Crippen LogP contribution in [0.15, 0.2) is 82.7 Å². The number of sulfone groups is 1. The van der Waals surface area contributed by atoms with Crippen LogP contribution in [-0.2, 0) is 9.84 Å². The lowest BCUT2D eigenvalue weighted by atomic mass is 10.1. The van der Waals surface area contributed by atoms with Crippen LogP contribution in [0.3, 0.4) is 0 Å². The first-order valence-electron chi connectivity index (χ1n) is 8.70. The standard InChI is InChI=1S/C22H15ClFNO3S/c1-14-5-7-15(8-6-14)22(26)21-13-25(18-4-2-3-16(23)11-18)19-12-17(24)9-10-20(19)29(21,27)28/h2-13H,1H3. The van der Waals surface area contributed by atoms with Crippen molar-refractivity contribution >= 4 is 38.6 Å². The van der Waals surface area contributed by atoms with Crippen LogP contribution in [0.5, 0.6) is 0 Å². The van der Waals surface area contributed by atoms with Crippen molar-refractivity contribution in [2.75, 3.05) is 4.90 Å². The molecule has 4 rings (SSSR count). The zero-order chi connectivity index (χ0) is 20.8. The van der Waals surface area contributed by atoms with Gasteiger partial charge in [-0.05, 0) is 43.3 Å². The van der Waals surface area contributed by atoms with Crippen LogP contribution in [0.1, 0.15) is 15.9 Å². The molecule has 0 radical (unpaired) electrons. The molecule has 0 spiro atoms. The number of carbonyl (C=O) groups is 1. The van der Waals surface area contributed by atoms with E-state index in [1.807, 2.05) is 6.92 Å². The Hall–Kier alpha value is -2.96. The third-order valence-corrected chi connectivity index (χ3v) is 6.66. The van der Waals surface area contributed by atoms with Gasteiger partial charge in [-0.15, -0.1) is 0 Å². The van der Waals surface area contributed by atoms with E-state index in [1.54, 1.807) is 48.5 Å². The highest BCUT2D eigenvalue weighted by Gasteiger charge is 2.36. The number of Topliss-reactive ketones (excluding diaryl/α,β-unsaturated/α-hetero) is 1. The molecule has 4 nitrogen and oxygen atoms in total. The Morgan fingerprint density at radius 3 is 2.41 bits per heavy atom. The molecule has 0 unspecified atom stereocenters. The molecular formula is C22H15ClFNO3S. The van der Waals surface area contributed by atoms with Gasteiger partial charge in [-0.3, -0.25) is 4.79 Å². The highest BCUT2D eigenvalue weighted by atomic mass is 35.5. The lowest BCUT2D eigenvalue weighted by Crippen LogP contribution is -2.26. The van der Waals surface area contributed by atoms with Gasteiger partial charge in [-0.25, -0.2) is 12.8 Å². The van der Waals surface area contributed by atoms with E-state index in [4.69, 9.17) is 11.6 Å². The van der Waals surface area contributed by atoms with Crippen molar-refractivity contribution < 1.29 is 17.6 Å². The summed E-state index contributed by atoms with van der Waals surface area (Å²) in [5.74, 6) is -1.22. The molecule has 0 saturated carbocycles. The summed E-state index contributed by atoms with van der Waals surface area (Å²) >= 11 is 6.08. The van der Waals surface area contributed by atoms with E-state index in [2.05, 4.69) is 0 Å². The summed E-state index contributed by atoms with van der Waals surface area (Å²) in [6, 6.07) is 16.7. The molecule has 0 saturated heterocycles. The van der Waals surface area contributed by atoms with E-state index in [0.29, 0.717) is 10.7 Å². The maximum atomic E-state index is 13.9. The van der Waals surface area contributed by atoms with E-state index in [1.165, 1.54) is 17.2 Å². The summed E-state index contributed by atoms with van der Waals surface area (Å²) in [7, 11) is -4.14. The maximum Gasteiger partial charge on any atom is 0.214 e. The largest absolute Gasteiger partial charge is 0.314 e. The molecule has 7 heteroatoms. The van der Waals surface area contributed by atoms with E-state index in [0.717, 1.165) is 17.7 Å². The molecule has 1 heterocycles. The number of allylic oxidation sites excluding steroid dienone is 1. The smallest absolute Gasteiger partial charge is 0.214 e. The molecule has 1 aliphatic heterocycles. The van der Waals surface area contributed by atoms with Gasteiger partial charge in [0, 0.05) is 22.5 Å². The van der Waals surface area contributed by atoms with Crippen LogP contribution in [0.2, 0.25) is 5.02 Å². The summed E-state index contributed by atoms with van der Waals surface area (Å²) in [5.41, 5.74) is 1.83. The zero-order valence-corrected chi connectivity index (χ0v) is 16.8. The number of fused-ring (bicyclic) bond motifs is 1. The lowest BCUT2D eigenvalue weighted by Gasteiger charge is -2.29. The number of aryl methyl sites for hydroxylation is 1. The number of halogens is 2. The van der Waals surface area contributed by atoms with Crippen molar-refractivity contribution in [2.45, 2.75) is 11.8 Å². The predicted molar refractivity (Wildman–Crippen MR) is 111 cm³/mol. The van der Waals surface area contributed by atoms with E-state index in [-0.39, 0.29) is 21.1 Å². The van der Waals surface area contributed by atoms with Gasteiger partial charge in [0.15, 0.2) is 0 Å². The molecule has 29 heavy (non-hydrogen) atoms. The van der Waals surface area contributed by atoms with Crippen LogP contribution < -0.4 is 4.90 Å². The molecule has 0 aromatic heterocycles. The molecule has 3 aromatic rings. The van der Waals surface area contributed by atoms with Crippen molar-refractivity contribution in [3.8, 4) is 0 Å². The Morgan fingerprint density at radius 1 is 1.00 bits per heavy atom. The first-order valence-corrected chi connectivity index (χ1v) is 10.6. The van der Waals surface area contributed by atoms with E-state index >= 15 is 0 Å². The quantitative estimate of drug-likeness (QED) is 0.412. The molecule has 0 fully saturated rings. The minimum Gasteiger partial charge on any atom is -0.314 e.